The Balaban J connectivity index is 2.71. The molecule has 0 saturated heterocycles. The quantitative estimate of drug-likeness (QED) is 0.594. The Morgan fingerprint density at radius 1 is 1.33 bits per heavy atom. The Bertz CT molecular complexity index is 521. The number of anilines is 1. The maximum absolute atomic E-state index is 11.9. The van der Waals surface area contributed by atoms with Crippen molar-refractivity contribution in [1.29, 1.82) is 0 Å². The van der Waals surface area contributed by atoms with Crippen molar-refractivity contribution in [2.45, 2.75) is 18.2 Å². The molecular formula is C11H18N2O3S2. The van der Waals surface area contributed by atoms with E-state index in [9.17, 15) is 12.6 Å². The molecule has 1 aromatic rings. The van der Waals surface area contributed by atoms with Gasteiger partial charge in [-0.3, -0.25) is 4.21 Å². The summed E-state index contributed by atoms with van der Waals surface area (Å²) in [5, 5.41) is 0. The van der Waals surface area contributed by atoms with Crippen LogP contribution in [-0.2, 0) is 20.8 Å². The minimum atomic E-state index is -3.53. The van der Waals surface area contributed by atoms with Crippen molar-refractivity contribution in [1.82, 2.24) is 4.72 Å². The van der Waals surface area contributed by atoms with Crippen LogP contribution in [0.3, 0.4) is 0 Å². The molecule has 0 fully saturated rings. The maximum atomic E-state index is 11.9. The van der Waals surface area contributed by atoms with Crippen LogP contribution in [0.15, 0.2) is 23.1 Å². The van der Waals surface area contributed by atoms with Gasteiger partial charge in [0.25, 0.3) is 0 Å². The molecular weight excluding hydrogens is 272 g/mol. The summed E-state index contributed by atoms with van der Waals surface area (Å²) < 4.78 is 37.2. The third kappa shape index (κ3) is 4.75. The first kappa shape index (κ1) is 15.1. The van der Waals surface area contributed by atoms with E-state index in [1.165, 1.54) is 6.07 Å². The van der Waals surface area contributed by atoms with Crippen molar-refractivity contribution in [2.75, 3.05) is 24.3 Å². The number of sulfonamides is 1. The first-order valence-electron chi connectivity index (χ1n) is 5.48. The third-order valence-electron chi connectivity index (χ3n) is 2.28. The van der Waals surface area contributed by atoms with E-state index in [0.29, 0.717) is 17.9 Å². The van der Waals surface area contributed by atoms with Gasteiger partial charge >= 0.3 is 0 Å². The summed E-state index contributed by atoms with van der Waals surface area (Å²) in [5.74, 6) is 0.485. The van der Waals surface area contributed by atoms with Gasteiger partial charge in [-0.1, -0.05) is 0 Å². The lowest BCUT2D eigenvalue weighted by Crippen LogP contribution is -2.25. The standard InChI is InChI=1S/C11H18N2O3S2/c1-9-6-10(12)8-11(7-9)18(15,16)13-4-3-5-17(2)14/h6-8,13H,3-5,12H2,1-2H3. The second kappa shape index (κ2) is 6.31. The fourth-order valence-electron chi connectivity index (χ4n) is 1.50. The zero-order chi connectivity index (χ0) is 13.8. The van der Waals surface area contributed by atoms with Crippen LogP contribution in [0, 0.1) is 6.92 Å². The number of hydrogen-bond acceptors (Lipinski definition) is 4. The van der Waals surface area contributed by atoms with Crippen LogP contribution in [0.2, 0.25) is 0 Å². The van der Waals surface area contributed by atoms with E-state index in [2.05, 4.69) is 4.72 Å². The Morgan fingerprint density at radius 3 is 2.56 bits per heavy atom. The summed E-state index contributed by atoms with van der Waals surface area (Å²) in [7, 11) is -4.43. The number of nitrogens with two attached hydrogens (primary N) is 1. The predicted molar refractivity (Wildman–Crippen MR) is 74.3 cm³/mol. The molecule has 0 aromatic heterocycles. The minimum Gasteiger partial charge on any atom is -0.399 e. The van der Waals surface area contributed by atoms with Gasteiger partial charge in [0.1, 0.15) is 0 Å². The van der Waals surface area contributed by atoms with Crippen molar-refractivity contribution < 1.29 is 12.6 Å². The molecule has 0 heterocycles. The summed E-state index contributed by atoms with van der Waals surface area (Å²) >= 11 is 0. The Hall–Kier alpha value is -0.920. The van der Waals surface area contributed by atoms with Gasteiger partial charge in [-0.15, -0.1) is 0 Å². The van der Waals surface area contributed by atoms with Crippen LogP contribution < -0.4 is 10.5 Å². The summed E-state index contributed by atoms with van der Waals surface area (Å²) in [6.07, 6.45) is 2.14. The number of hydrogen-bond donors (Lipinski definition) is 2. The fourth-order valence-corrected chi connectivity index (χ4v) is 3.26. The van der Waals surface area contributed by atoms with Crippen molar-refractivity contribution >= 4 is 26.5 Å². The van der Waals surface area contributed by atoms with Gasteiger partial charge in [0.05, 0.1) is 4.90 Å². The van der Waals surface area contributed by atoms with E-state index in [4.69, 9.17) is 5.73 Å². The third-order valence-corrected chi connectivity index (χ3v) is 4.59. The van der Waals surface area contributed by atoms with Gasteiger partial charge in [-0.25, -0.2) is 13.1 Å². The molecule has 1 atom stereocenters. The van der Waals surface area contributed by atoms with E-state index in [-0.39, 0.29) is 11.4 Å². The molecule has 0 saturated carbocycles. The second-order valence-electron chi connectivity index (χ2n) is 4.11. The van der Waals surface area contributed by atoms with Crippen molar-refractivity contribution in [3.63, 3.8) is 0 Å². The number of aryl methyl sites for hydroxylation is 1. The fraction of sp³-hybridized carbons (Fsp3) is 0.455. The summed E-state index contributed by atoms with van der Waals surface area (Å²) in [6.45, 7) is 2.06. The predicted octanol–water partition coefficient (Wildman–Crippen LogP) is 0.624. The van der Waals surface area contributed by atoms with Gasteiger partial charge in [-0.2, -0.15) is 0 Å². The molecule has 0 spiro atoms. The van der Waals surface area contributed by atoms with E-state index in [1.54, 1.807) is 25.3 Å². The highest BCUT2D eigenvalue weighted by Gasteiger charge is 2.14. The maximum Gasteiger partial charge on any atom is 0.240 e. The van der Waals surface area contributed by atoms with Crippen molar-refractivity contribution in [3.8, 4) is 0 Å². The average Bonchev–Trinajstić information content (AvgIpc) is 2.23. The Labute approximate surface area is 110 Å². The molecule has 7 heteroatoms. The smallest absolute Gasteiger partial charge is 0.240 e. The Kier molecular flexibility index (Phi) is 5.30. The Morgan fingerprint density at radius 2 is 2.00 bits per heavy atom. The molecule has 1 unspecified atom stereocenters. The van der Waals surface area contributed by atoms with Gasteiger partial charge in [-0.05, 0) is 37.1 Å². The highest BCUT2D eigenvalue weighted by Crippen LogP contribution is 2.15. The molecule has 18 heavy (non-hydrogen) atoms. The lowest BCUT2D eigenvalue weighted by Gasteiger charge is -2.08. The number of benzene rings is 1. The molecule has 0 bridgehead atoms. The van der Waals surface area contributed by atoms with Crippen molar-refractivity contribution in [3.05, 3.63) is 23.8 Å². The lowest BCUT2D eigenvalue weighted by molar-refractivity contribution is 0.580. The largest absolute Gasteiger partial charge is 0.399 e. The first-order chi connectivity index (χ1) is 8.31. The van der Waals surface area contributed by atoms with E-state index >= 15 is 0 Å². The van der Waals surface area contributed by atoms with E-state index in [0.717, 1.165) is 5.56 Å². The highest BCUT2D eigenvalue weighted by atomic mass is 32.2. The summed E-state index contributed by atoms with van der Waals surface area (Å²) in [6, 6.07) is 4.70. The normalized spacial score (nSPS) is 13.4. The molecule has 5 nitrogen and oxygen atoms in total. The SMILES string of the molecule is Cc1cc(N)cc(S(=O)(=O)NCCCS(C)=O)c1. The van der Waals surface area contributed by atoms with E-state index in [1.807, 2.05) is 0 Å². The van der Waals surface area contributed by atoms with Crippen LogP contribution in [-0.4, -0.2) is 31.2 Å². The highest BCUT2D eigenvalue weighted by molar-refractivity contribution is 7.89. The summed E-state index contributed by atoms with van der Waals surface area (Å²) in [5.41, 5.74) is 6.84. The molecule has 0 radical (unpaired) electrons. The van der Waals surface area contributed by atoms with Crippen LogP contribution >= 0.6 is 0 Å². The van der Waals surface area contributed by atoms with Gasteiger partial charge in [0.2, 0.25) is 10.0 Å². The monoisotopic (exact) mass is 290 g/mol. The zero-order valence-electron chi connectivity index (χ0n) is 10.5. The van der Waals surface area contributed by atoms with Gasteiger partial charge < -0.3 is 5.73 Å². The molecule has 3 N–H and O–H groups in total. The molecule has 0 aliphatic heterocycles. The molecule has 0 aliphatic rings. The van der Waals surface area contributed by atoms with Gasteiger partial charge in [0.15, 0.2) is 0 Å². The second-order valence-corrected chi connectivity index (χ2v) is 7.43. The summed E-state index contributed by atoms with van der Waals surface area (Å²) in [4.78, 5) is 0.164. The van der Waals surface area contributed by atoms with Crippen molar-refractivity contribution in [2.24, 2.45) is 0 Å². The van der Waals surface area contributed by atoms with Gasteiger partial charge in [0, 0.05) is 35.0 Å². The number of rotatable bonds is 6. The molecule has 0 amide bonds. The van der Waals surface area contributed by atoms with Crippen LogP contribution in [0.25, 0.3) is 0 Å². The first-order valence-corrected chi connectivity index (χ1v) is 8.69. The number of nitrogen functional groups attached to an aromatic ring is 1. The zero-order valence-corrected chi connectivity index (χ0v) is 12.1. The van der Waals surface area contributed by atoms with E-state index < -0.39 is 20.8 Å². The number of nitrogens with one attached hydrogen (secondary N) is 1. The minimum absolute atomic E-state index is 0.164. The molecule has 1 aromatic carbocycles. The van der Waals surface area contributed by atoms with Crippen LogP contribution in [0.5, 0.6) is 0 Å². The topological polar surface area (TPSA) is 89.3 Å². The molecule has 0 aliphatic carbocycles. The molecule has 102 valence electrons. The average molecular weight is 290 g/mol. The lowest BCUT2D eigenvalue weighted by atomic mass is 10.2. The molecule has 1 rings (SSSR count). The van der Waals surface area contributed by atoms with Crippen LogP contribution in [0.1, 0.15) is 12.0 Å². The van der Waals surface area contributed by atoms with Crippen LogP contribution in [0.4, 0.5) is 5.69 Å².